The zero-order valence-electron chi connectivity index (χ0n) is 41.6. The first-order chi connectivity index (χ1) is 29.0. The molecule has 0 radical (unpaired) electrons. The number of carbonyl (C=O) groups excluding carboxylic acids is 1. The summed E-state index contributed by atoms with van der Waals surface area (Å²) >= 11 is 6.45. The molecule has 2 nitrogen and oxygen atoms in total. The average molecular weight is 857 g/mol. The third kappa shape index (κ3) is 19.9. The van der Waals surface area contributed by atoms with Crippen molar-refractivity contribution in [1.29, 1.82) is 0 Å². The van der Waals surface area contributed by atoms with Gasteiger partial charge in [0.05, 0.1) is 10.7 Å². The predicted molar refractivity (Wildman–Crippen MR) is 273 cm³/mol. The van der Waals surface area contributed by atoms with Gasteiger partial charge in [-0.3, -0.25) is 4.79 Å². The van der Waals surface area contributed by atoms with Crippen LogP contribution in [0.5, 0.6) is 0 Å². The lowest BCUT2D eigenvalue weighted by Gasteiger charge is -2.24. The summed E-state index contributed by atoms with van der Waals surface area (Å²) in [6, 6.07) is 15.9. The smallest absolute Gasteiger partial charge is 0.169 e. The Labute approximate surface area is 380 Å². The van der Waals surface area contributed by atoms with Crippen molar-refractivity contribution in [1.82, 2.24) is 0 Å². The molecule has 340 valence electrons. The molecule has 61 heavy (non-hydrogen) atoms. The van der Waals surface area contributed by atoms with Gasteiger partial charge in [0, 0.05) is 24.7 Å². The summed E-state index contributed by atoms with van der Waals surface area (Å²) in [4.78, 5) is 15.3. The van der Waals surface area contributed by atoms with Crippen LogP contribution in [0.4, 0.5) is 10.1 Å². The Morgan fingerprint density at radius 2 is 1.41 bits per heavy atom. The van der Waals surface area contributed by atoms with Gasteiger partial charge in [0.2, 0.25) is 0 Å². The molecule has 0 bridgehead atoms. The van der Waals surface area contributed by atoms with Crippen molar-refractivity contribution in [3.05, 3.63) is 141 Å². The number of benzene rings is 3. The molecule has 0 saturated heterocycles. The molecular weight excluding hydrogens is 769 g/mol. The number of allylic oxidation sites excluding steroid dienone is 5. The SMILES string of the molecule is C=C(C(=O)C(C)c1ccc(CCC)c(F)c1)/C(=C\N(C)c1ccc(C)cc1Cl)C(C)CC.C=C/C=C(/C)c1cc(C(C)CC)c(CCCCC)cc1C.CCCC.CCCC. The Bertz CT molecular complexity index is 1810. The number of halogens is 2. The third-order valence-electron chi connectivity index (χ3n) is 11.6. The van der Waals surface area contributed by atoms with Crippen LogP contribution in [-0.2, 0) is 17.6 Å². The summed E-state index contributed by atoms with van der Waals surface area (Å²) in [6.45, 7) is 38.0. The van der Waals surface area contributed by atoms with Crippen molar-refractivity contribution in [3.8, 4) is 0 Å². The van der Waals surface area contributed by atoms with Crippen LogP contribution in [-0.4, -0.2) is 12.8 Å². The van der Waals surface area contributed by atoms with Crippen molar-refractivity contribution in [2.45, 2.75) is 186 Å². The molecule has 0 N–H and O–H groups in total. The van der Waals surface area contributed by atoms with E-state index in [0.717, 1.165) is 29.7 Å². The van der Waals surface area contributed by atoms with Gasteiger partial charge in [-0.2, -0.15) is 0 Å². The van der Waals surface area contributed by atoms with Gasteiger partial charge in [0.25, 0.3) is 0 Å². The van der Waals surface area contributed by atoms with Crippen molar-refractivity contribution >= 4 is 28.6 Å². The highest BCUT2D eigenvalue weighted by molar-refractivity contribution is 6.33. The zero-order chi connectivity index (χ0) is 46.7. The molecule has 3 aromatic rings. The van der Waals surface area contributed by atoms with Gasteiger partial charge in [-0.05, 0) is 133 Å². The number of ketones is 1. The predicted octanol–water partition coefficient (Wildman–Crippen LogP) is 18.5. The van der Waals surface area contributed by atoms with Crippen molar-refractivity contribution in [3.63, 3.8) is 0 Å². The summed E-state index contributed by atoms with van der Waals surface area (Å²) in [6.07, 6.45) is 20.0. The van der Waals surface area contributed by atoms with E-state index in [2.05, 4.69) is 108 Å². The fourth-order valence-electron chi connectivity index (χ4n) is 6.70. The van der Waals surface area contributed by atoms with Crippen LogP contribution < -0.4 is 4.90 Å². The Balaban J connectivity index is 0.00000106. The molecule has 0 heterocycles. The maximum atomic E-state index is 14.5. The summed E-state index contributed by atoms with van der Waals surface area (Å²) in [5, 5.41) is 0.653. The molecule has 3 unspecified atom stereocenters. The van der Waals surface area contributed by atoms with Gasteiger partial charge in [-0.25, -0.2) is 4.39 Å². The first-order valence-electron chi connectivity index (χ1n) is 23.6. The number of aryl methyl sites for hydroxylation is 4. The molecule has 0 saturated carbocycles. The molecule has 0 spiro atoms. The molecule has 0 aliphatic carbocycles. The highest BCUT2D eigenvalue weighted by atomic mass is 35.5. The van der Waals surface area contributed by atoms with Crippen LogP contribution in [0.2, 0.25) is 5.02 Å². The molecule has 3 rings (SSSR count). The number of carbonyl (C=O) groups is 1. The fourth-order valence-corrected chi connectivity index (χ4v) is 7.06. The van der Waals surface area contributed by atoms with E-state index in [-0.39, 0.29) is 17.5 Å². The first kappa shape index (κ1) is 57.3. The molecule has 0 fully saturated rings. The van der Waals surface area contributed by atoms with Crippen LogP contribution in [0, 0.1) is 25.6 Å². The number of anilines is 1. The summed E-state index contributed by atoms with van der Waals surface area (Å²) < 4.78 is 14.5. The van der Waals surface area contributed by atoms with E-state index in [0.29, 0.717) is 34.1 Å². The standard InChI is InChI=1S/C28H35ClFNO.C21H32.2C4H10/c1-8-10-22-12-13-23(16-26(22)30)20(5)28(32)21(6)24(19(4)9-2)17-31(7)27-14-11-18(3)15-25(27)29;1-7-10-11-13-19-14-18(6)20(17(5)12-8-2)15-21(19)16(4)9-3;2*1-3-4-2/h11-17,19-20H,6,8-10H2,1-5,7H3;8,12,14-16H,2,7,9-11,13H2,1,3-6H3;2*3-4H2,1-2H3/b24-17-;17-12-;;. The molecular formula is C57H87ClFNO. The molecule has 0 amide bonds. The van der Waals surface area contributed by atoms with Crippen LogP contribution in [0.15, 0.2) is 91.2 Å². The van der Waals surface area contributed by atoms with E-state index in [9.17, 15) is 9.18 Å². The third-order valence-corrected chi connectivity index (χ3v) is 11.9. The van der Waals surface area contributed by atoms with Crippen molar-refractivity contribution < 1.29 is 9.18 Å². The van der Waals surface area contributed by atoms with E-state index >= 15 is 0 Å². The average Bonchev–Trinajstić information content (AvgIpc) is 3.25. The highest BCUT2D eigenvalue weighted by Gasteiger charge is 2.24. The van der Waals surface area contributed by atoms with Crippen molar-refractivity contribution in [2.24, 2.45) is 5.92 Å². The zero-order valence-corrected chi connectivity index (χ0v) is 42.3. The van der Waals surface area contributed by atoms with Crippen LogP contribution in [0.25, 0.3) is 5.57 Å². The number of rotatable bonds is 20. The maximum absolute atomic E-state index is 14.5. The summed E-state index contributed by atoms with van der Waals surface area (Å²) in [5.41, 5.74) is 11.8. The first-order valence-corrected chi connectivity index (χ1v) is 24.0. The largest absolute Gasteiger partial charge is 0.350 e. The minimum atomic E-state index is -0.478. The Hall–Kier alpha value is -3.69. The second-order valence-corrected chi connectivity index (χ2v) is 17.2. The molecule has 0 aliphatic rings. The normalized spacial score (nSPS) is 12.7. The lowest BCUT2D eigenvalue weighted by atomic mass is 9.84. The summed E-state index contributed by atoms with van der Waals surface area (Å²) in [5.74, 6) is -0.0523. The molecule has 3 aromatic carbocycles. The number of hydrogen-bond donors (Lipinski definition) is 0. The van der Waals surface area contributed by atoms with E-state index in [1.54, 1.807) is 17.2 Å². The van der Waals surface area contributed by atoms with E-state index in [4.69, 9.17) is 11.6 Å². The minimum absolute atomic E-state index is 0.0948. The minimum Gasteiger partial charge on any atom is -0.350 e. The number of hydrogen-bond acceptors (Lipinski definition) is 2. The number of Topliss-reactive ketones (excluding diaryl/α,β-unsaturated/α-hetero) is 1. The second-order valence-electron chi connectivity index (χ2n) is 16.8. The van der Waals surface area contributed by atoms with Gasteiger partial charge in [-0.15, -0.1) is 0 Å². The van der Waals surface area contributed by atoms with Crippen LogP contribution in [0.3, 0.4) is 0 Å². The Morgan fingerprint density at radius 1 is 0.787 bits per heavy atom. The van der Waals surface area contributed by atoms with Crippen LogP contribution >= 0.6 is 11.6 Å². The van der Waals surface area contributed by atoms with Crippen molar-refractivity contribution in [2.75, 3.05) is 11.9 Å². The van der Waals surface area contributed by atoms with Gasteiger partial charge >= 0.3 is 0 Å². The highest BCUT2D eigenvalue weighted by Crippen LogP contribution is 2.33. The lowest BCUT2D eigenvalue weighted by molar-refractivity contribution is -0.116. The topological polar surface area (TPSA) is 20.3 Å². The van der Waals surface area contributed by atoms with Gasteiger partial charge in [-0.1, -0.05) is 188 Å². The second kappa shape index (κ2) is 32.1. The Morgan fingerprint density at radius 3 is 1.90 bits per heavy atom. The molecule has 0 aliphatic heterocycles. The van der Waals surface area contributed by atoms with Gasteiger partial charge in [0.15, 0.2) is 5.78 Å². The maximum Gasteiger partial charge on any atom is 0.169 e. The van der Waals surface area contributed by atoms with Gasteiger partial charge < -0.3 is 4.90 Å². The molecule has 3 atom stereocenters. The monoisotopic (exact) mass is 856 g/mol. The van der Waals surface area contributed by atoms with E-state index in [1.807, 2.05) is 69.3 Å². The van der Waals surface area contributed by atoms with E-state index in [1.165, 1.54) is 80.6 Å². The quantitative estimate of drug-likeness (QED) is 0.0641. The Kier molecular flexibility index (Phi) is 30.1. The number of nitrogens with zero attached hydrogens (tertiary/aromatic N) is 1. The summed E-state index contributed by atoms with van der Waals surface area (Å²) in [7, 11) is 1.92. The van der Waals surface area contributed by atoms with E-state index < -0.39 is 5.92 Å². The molecule has 0 aromatic heterocycles. The van der Waals surface area contributed by atoms with Crippen LogP contribution in [0.1, 0.15) is 198 Å². The lowest BCUT2D eigenvalue weighted by Crippen LogP contribution is -2.19. The van der Waals surface area contributed by atoms with Gasteiger partial charge in [0.1, 0.15) is 5.82 Å². The fraction of sp³-hybridized carbons (Fsp3) is 0.526. The molecule has 4 heteroatoms. The number of unbranched alkanes of at least 4 members (excludes halogenated alkanes) is 4.